The predicted molar refractivity (Wildman–Crippen MR) is 75.5 cm³/mol. The van der Waals surface area contributed by atoms with E-state index < -0.39 is 11.8 Å². The number of aromatic nitrogens is 1. The van der Waals surface area contributed by atoms with Crippen molar-refractivity contribution in [1.82, 2.24) is 4.57 Å². The lowest BCUT2D eigenvalue weighted by atomic mass is 10.1. The van der Waals surface area contributed by atoms with E-state index in [0.29, 0.717) is 11.1 Å². The Balaban J connectivity index is 2.41. The molecule has 0 unspecified atom stereocenters. The minimum atomic E-state index is -1.11. The Morgan fingerprint density at radius 1 is 1.50 bits per heavy atom. The second-order valence-corrected chi connectivity index (χ2v) is 5.06. The minimum absolute atomic E-state index is 0.0972. The molecule has 0 atom stereocenters. The van der Waals surface area contributed by atoms with Crippen molar-refractivity contribution in [2.75, 3.05) is 0 Å². The van der Waals surface area contributed by atoms with Gasteiger partial charge >= 0.3 is 10.8 Å². The summed E-state index contributed by atoms with van der Waals surface area (Å²) >= 11 is 1.10. The summed E-state index contributed by atoms with van der Waals surface area (Å²) in [5.74, 6) is -1.56. The van der Waals surface area contributed by atoms with Crippen LogP contribution in [0.2, 0.25) is 0 Å². The number of rotatable bonds is 4. The van der Waals surface area contributed by atoms with Crippen LogP contribution in [0.25, 0.3) is 6.08 Å². The van der Waals surface area contributed by atoms with Gasteiger partial charge in [0.2, 0.25) is 0 Å². The normalized spacial score (nSPS) is 11.1. The van der Waals surface area contributed by atoms with Crippen molar-refractivity contribution in [1.29, 1.82) is 0 Å². The van der Waals surface area contributed by atoms with Crippen molar-refractivity contribution in [2.24, 2.45) is 0 Å². The van der Waals surface area contributed by atoms with Gasteiger partial charge in [-0.1, -0.05) is 17.4 Å². The van der Waals surface area contributed by atoms with Crippen LogP contribution in [0.15, 0.2) is 34.4 Å². The Morgan fingerprint density at radius 2 is 2.25 bits per heavy atom. The first-order chi connectivity index (χ1) is 9.47. The predicted octanol–water partition coefficient (Wildman–Crippen LogP) is 2.50. The summed E-state index contributed by atoms with van der Waals surface area (Å²) in [5, 5.41) is 10.4. The molecule has 1 heterocycles. The van der Waals surface area contributed by atoms with Crippen LogP contribution in [0.3, 0.4) is 0 Å². The summed E-state index contributed by atoms with van der Waals surface area (Å²) in [6.45, 7) is 2.10. The van der Waals surface area contributed by atoms with E-state index in [1.807, 2.05) is 6.92 Å². The number of nitrogens with zero attached hydrogens (tertiary/aromatic N) is 1. The Hall–Kier alpha value is -2.21. The lowest BCUT2D eigenvalue weighted by molar-refractivity contribution is -0.131. The maximum Gasteiger partial charge on any atom is 0.328 e. The molecule has 4 nitrogen and oxygen atoms in total. The topological polar surface area (TPSA) is 59.3 Å². The summed E-state index contributed by atoms with van der Waals surface area (Å²) in [5.41, 5.74) is 1.95. The Kier molecular flexibility index (Phi) is 4.14. The molecule has 0 spiro atoms. The molecule has 2 aromatic rings. The van der Waals surface area contributed by atoms with Gasteiger partial charge in [0, 0.05) is 17.2 Å². The van der Waals surface area contributed by atoms with Crippen molar-refractivity contribution < 1.29 is 14.3 Å². The van der Waals surface area contributed by atoms with Crippen molar-refractivity contribution >= 4 is 23.4 Å². The molecular weight excluding hydrogens is 281 g/mol. The van der Waals surface area contributed by atoms with E-state index in [0.717, 1.165) is 23.1 Å². The number of hydrogen-bond acceptors (Lipinski definition) is 3. The average Bonchev–Trinajstić information content (AvgIpc) is 2.70. The fourth-order valence-electron chi connectivity index (χ4n) is 1.79. The quantitative estimate of drug-likeness (QED) is 0.881. The van der Waals surface area contributed by atoms with Gasteiger partial charge in [-0.2, -0.15) is 0 Å². The SMILES string of the molecule is Cc1csc(=O)n1Cc1ccc(F)cc1C=CC(=O)O. The lowest BCUT2D eigenvalue weighted by Crippen LogP contribution is -2.16. The van der Waals surface area contributed by atoms with Crippen LogP contribution in [0.4, 0.5) is 4.39 Å². The zero-order chi connectivity index (χ0) is 14.7. The van der Waals surface area contributed by atoms with Gasteiger partial charge in [0.05, 0.1) is 6.54 Å². The Labute approximate surface area is 118 Å². The monoisotopic (exact) mass is 293 g/mol. The molecule has 1 aromatic carbocycles. The second kappa shape index (κ2) is 5.83. The van der Waals surface area contributed by atoms with Gasteiger partial charge in [0.25, 0.3) is 0 Å². The third-order valence-electron chi connectivity index (χ3n) is 2.82. The van der Waals surface area contributed by atoms with Crippen LogP contribution in [-0.4, -0.2) is 15.6 Å². The Bertz CT molecular complexity index is 730. The van der Waals surface area contributed by atoms with Gasteiger partial charge in [-0.3, -0.25) is 9.36 Å². The molecule has 1 N–H and O–H groups in total. The molecule has 0 fully saturated rings. The van der Waals surface area contributed by atoms with E-state index >= 15 is 0 Å². The van der Waals surface area contributed by atoms with Crippen LogP contribution < -0.4 is 4.87 Å². The van der Waals surface area contributed by atoms with Crippen LogP contribution in [0, 0.1) is 12.7 Å². The van der Waals surface area contributed by atoms with Crippen molar-refractivity contribution in [3.05, 3.63) is 62.0 Å². The average molecular weight is 293 g/mol. The number of aliphatic carboxylic acids is 1. The van der Waals surface area contributed by atoms with Crippen LogP contribution in [0.5, 0.6) is 0 Å². The number of aryl methyl sites for hydroxylation is 1. The van der Waals surface area contributed by atoms with Gasteiger partial charge in [0.1, 0.15) is 5.82 Å². The van der Waals surface area contributed by atoms with Gasteiger partial charge in [-0.25, -0.2) is 9.18 Å². The highest BCUT2D eigenvalue weighted by molar-refractivity contribution is 7.07. The van der Waals surface area contributed by atoms with Crippen molar-refractivity contribution in [3.8, 4) is 0 Å². The first kappa shape index (κ1) is 14.2. The molecular formula is C14H12FNO3S. The molecule has 1 aromatic heterocycles. The molecule has 0 aliphatic rings. The number of halogens is 1. The molecule has 0 amide bonds. The molecule has 0 radical (unpaired) electrons. The summed E-state index contributed by atoms with van der Waals surface area (Å²) in [6.07, 6.45) is 2.27. The lowest BCUT2D eigenvalue weighted by Gasteiger charge is -2.08. The second-order valence-electron chi connectivity index (χ2n) is 4.24. The third kappa shape index (κ3) is 3.21. The van der Waals surface area contributed by atoms with Crippen LogP contribution in [0.1, 0.15) is 16.8 Å². The van der Waals surface area contributed by atoms with E-state index in [1.54, 1.807) is 16.0 Å². The zero-order valence-corrected chi connectivity index (χ0v) is 11.5. The standard InChI is InChI=1S/C14H12FNO3S/c1-9-8-20-14(19)16(9)7-11-2-4-12(15)6-10(11)3-5-13(17)18/h2-6,8H,7H2,1H3,(H,17,18). The number of carbonyl (C=O) groups is 1. The molecule has 0 saturated carbocycles. The minimum Gasteiger partial charge on any atom is -0.478 e. The van der Waals surface area contributed by atoms with E-state index in [2.05, 4.69) is 0 Å². The fraction of sp³-hybridized carbons (Fsp3) is 0.143. The summed E-state index contributed by atoms with van der Waals surface area (Å²) < 4.78 is 14.8. The maximum atomic E-state index is 13.3. The highest BCUT2D eigenvalue weighted by Crippen LogP contribution is 2.15. The number of thiazole rings is 1. The molecule has 0 saturated heterocycles. The summed E-state index contributed by atoms with van der Waals surface area (Å²) in [7, 11) is 0. The van der Waals surface area contributed by atoms with E-state index in [9.17, 15) is 14.0 Å². The smallest absolute Gasteiger partial charge is 0.328 e. The fourth-order valence-corrected chi connectivity index (χ4v) is 2.53. The van der Waals surface area contributed by atoms with Gasteiger partial charge in [-0.05, 0) is 36.3 Å². The number of hydrogen-bond donors (Lipinski definition) is 1. The maximum absolute atomic E-state index is 13.3. The number of benzene rings is 1. The van der Waals surface area contributed by atoms with E-state index in [1.165, 1.54) is 18.2 Å². The van der Waals surface area contributed by atoms with E-state index in [-0.39, 0.29) is 11.4 Å². The Morgan fingerprint density at radius 3 is 2.85 bits per heavy atom. The molecule has 6 heteroatoms. The number of carboxylic acid groups (broad SMARTS) is 1. The van der Waals surface area contributed by atoms with Crippen LogP contribution in [-0.2, 0) is 11.3 Å². The molecule has 0 aliphatic heterocycles. The van der Waals surface area contributed by atoms with E-state index in [4.69, 9.17) is 5.11 Å². The first-order valence-electron chi connectivity index (χ1n) is 5.82. The number of carboxylic acids is 1. The molecule has 0 aliphatic carbocycles. The highest BCUT2D eigenvalue weighted by atomic mass is 32.1. The zero-order valence-electron chi connectivity index (χ0n) is 10.7. The van der Waals surface area contributed by atoms with Crippen molar-refractivity contribution in [3.63, 3.8) is 0 Å². The molecule has 0 bridgehead atoms. The third-order valence-corrected chi connectivity index (χ3v) is 3.70. The first-order valence-corrected chi connectivity index (χ1v) is 6.69. The van der Waals surface area contributed by atoms with Crippen LogP contribution >= 0.6 is 11.3 Å². The largest absolute Gasteiger partial charge is 0.478 e. The summed E-state index contributed by atoms with van der Waals surface area (Å²) in [6, 6.07) is 4.10. The molecule has 104 valence electrons. The van der Waals surface area contributed by atoms with Crippen molar-refractivity contribution in [2.45, 2.75) is 13.5 Å². The molecule has 2 rings (SSSR count). The summed E-state index contributed by atoms with van der Waals surface area (Å²) in [4.78, 5) is 22.1. The van der Waals surface area contributed by atoms with Gasteiger partial charge < -0.3 is 5.11 Å². The molecule has 20 heavy (non-hydrogen) atoms. The van der Waals surface area contributed by atoms with Gasteiger partial charge in [-0.15, -0.1) is 0 Å². The van der Waals surface area contributed by atoms with Gasteiger partial charge in [0.15, 0.2) is 0 Å². The highest BCUT2D eigenvalue weighted by Gasteiger charge is 2.07.